The van der Waals surface area contributed by atoms with Gasteiger partial charge in [-0.3, -0.25) is 0 Å². The molecule has 3 heteroatoms. The van der Waals surface area contributed by atoms with Crippen molar-refractivity contribution in [3.05, 3.63) is 0 Å². The van der Waals surface area contributed by atoms with Crippen molar-refractivity contribution in [3.63, 3.8) is 0 Å². The highest BCUT2D eigenvalue weighted by Crippen LogP contribution is 2.41. The molecule has 2 aliphatic rings. The lowest BCUT2D eigenvalue weighted by atomic mass is 9.78. The van der Waals surface area contributed by atoms with Gasteiger partial charge in [0.05, 0.1) is 13.2 Å². The summed E-state index contributed by atoms with van der Waals surface area (Å²) < 4.78 is 12.2. The third kappa shape index (κ3) is 3.01. The Morgan fingerprint density at radius 2 is 1.47 bits per heavy atom. The van der Waals surface area contributed by atoms with Crippen LogP contribution in [0, 0.1) is 5.92 Å². The van der Waals surface area contributed by atoms with Crippen molar-refractivity contribution in [2.24, 2.45) is 5.92 Å². The minimum atomic E-state index is -0.357. The molecule has 3 nitrogen and oxygen atoms in total. The Hall–Kier alpha value is -0.120. The molecule has 17 heavy (non-hydrogen) atoms. The Bertz CT molecular complexity index is 260. The van der Waals surface area contributed by atoms with E-state index in [0.29, 0.717) is 5.92 Å². The number of hydrogen-bond donors (Lipinski definition) is 1. The summed E-state index contributed by atoms with van der Waals surface area (Å²) in [5.41, 5.74) is 0.140. The van der Waals surface area contributed by atoms with Crippen LogP contribution in [0.25, 0.3) is 0 Å². The number of ether oxygens (including phenoxy) is 2. The van der Waals surface area contributed by atoms with Crippen LogP contribution >= 0.6 is 0 Å². The molecule has 2 rings (SSSR count). The van der Waals surface area contributed by atoms with Crippen molar-refractivity contribution >= 4 is 0 Å². The van der Waals surface area contributed by atoms with Crippen molar-refractivity contribution in [2.45, 2.75) is 70.7 Å². The molecule has 0 radical (unpaired) electrons. The van der Waals surface area contributed by atoms with Gasteiger partial charge in [-0.15, -0.1) is 0 Å². The maximum atomic E-state index is 6.12. The molecule has 1 N–H and O–H groups in total. The van der Waals surface area contributed by atoms with Crippen LogP contribution in [-0.4, -0.2) is 30.1 Å². The third-order valence-electron chi connectivity index (χ3n) is 3.84. The van der Waals surface area contributed by atoms with E-state index in [1.165, 1.54) is 0 Å². The van der Waals surface area contributed by atoms with Crippen molar-refractivity contribution in [1.82, 2.24) is 5.32 Å². The van der Waals surface area contributed by atoms with Crippen LogP contribution in [0.1, 0.15) is 53.9 Å². The highest BCUT2D eigenvalue weighted by molar-refractivity contribution is 5.02. The van der Waals surface area contributed by atoms with Gasteiger partial charge in [0.25, 0.3) is 0 Å². The average molecular weight is 241 g/mol. The molecule has 0 amide bonds. The van der Waals surface area contributed by atoms with Gasteiger partial charge >= 0.3 is 0 Å². The highest BCUT2D eigenvalue weighted by Gasteiger charge is 2.50. The van der Waals surface area contributed by atoms with E-state index < -0.39 is 0 Å². The Balaban J connectivity index is 2.10. The van der Waals surface area contributed by atoms with Gasteiger partial charge in [0.1, 0.15) is 0 Å². The zero-order valence-electron chi connectivity index (χ0n) is 11.9. The fraction of sp³-hybridized carbons (Fsp3) is 1.00. The maximum Gasteiger partial charge on any atom is 0.171 e. The average Bonchev–Trinajstić information content (AvgIpc) is 2.13. The standard InChI is InChI=1S/C14H27NO2/c1-6-11-7-16-14(17-8-11)9-12(2,3)15-13(4,5)10-14/h11,15H,6-10H2,1-5H3. The molecule has 0 aliphatic carbocycles. The first-order chi connectivity index (χ1) is 7.76. The Morgan fingerprint density at radius 3 is 1.88 bits per heavy atom. The lowest BCUT2D eigenvalue weighted by molar-refractivity contribution is -0.310. The van der Waals surface area contributed by atoms with Crippen LogP contribution in [0.2, 0.25) is 0 Å². The molecule has 0 saturated carbocycles. The van der Waals surface area contributed by atoms with Crippen LogP contribution in [-0.2, 0) is 9.47 Å². The summed E-state index contributed by atoms with van der Waals surface area (Å²) in [6.07, 6.45) is 3.00. The molecule has 1 spiro atoms. The molecule has 0 atom stereocenters. The summed E-state index contributed by atoms with van der Waals surface area (Å²) in [6, 6.07) is 0. The van der Waals surface area contributed by atoms with Crippen molar-refractivity contribution in [2.75, 3.05) is 13.2 Å². The van der Waals surface area contributed by atoms with E-state index in [4.69, 9.17) is 9.47 Å². The summed E-state index contributed by atoms with van der Waals surface area (Å²) in [5, 5.41) is 3.67. The fourth-order valence-electron chi connectivity index (χ4n) is 3.48. The van der Waals surface area contributed by atoms with Crippen LogP contribution in [0.4, 0.5) is 0 Å². The van der Waals surface area contributed by atoms with E-state index in [-0.39, 0.29) is 16.9 Å². The fourth-order valence-corrected chi connectivity index (χ4v) is 3.48. The third-order valence-corrected chi connectivity index (χ3v) is 3.84. The molecule has 2 fully saturated rings. The van der Waals surface area contributed by atoms with Crippen molar-refractivity contribution < 1.29 is 9.47 Å². The first kappa shape index (κ1) is 13.3. The van der Waals surface area contributed by atoms with Crippen LogP contribution in [0.5, 0.6) is 0 Å². The second kappa shape index (κ2) is 4.22. The second-order valence-corrected chi connectivity index (χ2v) is 7.05. The van der Waals surface area contributed by atoms with Gasteiger partial charge in [-0.1, -0.05) is 6.92 Å². The second-order valence-electron chi connectivity index (χ2n) is 7.05. The Morgan fingerprint density at radius 1 is 1.00 bits per heavy atom. The minimum absolute atomic E-state index is 0.0702. The molecule has 0 aromatic rings. The lowest BCUT2D eigenvalue weighted by Crippen LogP contribution is -2.66. The zero-order chi connectivity index (χ0) is 12.7. The summed E-state index contributed by atoms with van der Waals surface area (Å²) in [5.74, 6) is 0.214. The van der Waals surface area contributed by atoms with Gasteiger partial charge in [0.15, 0.2) is 5.79 Å². The van der Waals surface area contributed by atoms with Gasteiger partial charge in [0.2, 0.25) is 0 Å². The Kier molecular flexibility index (Phi) is 3.30. The summed E-state index contributed by atoms with van der Waals surface area (Å²) >= 11 is 0. The molecule has 2 heterocycles. The van der Waals surface area contributed by atoms with E-state index in [1.807, 2.05) is 0 Å². The maximum absolute atomic E-state index is 6.12. The normalized spacial score (nSPS) is 31.6. The molecular weight excluding hydrogens is 214 g/mol. The first-order valence-corrected chi connectivity index (χ1v) is 6.83. The topological polar surface area (TPSA) is 30.5 Å². The summed E-state index contributed by atoms with van der Waals surface area (Å²) in [6.45, 7) is 12.8. The SMILES string of the molecule is CCC1COC2(CC(C)(C)NC(C)(C)C2)OC1. The monoisotopic (exact) mass is 241 g/mol. The van der Waals surface area contributed by atoms with Gasteiger partial charge in [-0.25, -0.2) is 0 Å². The molecular formula is C14H27NO2. The van der Waals surface area contributed by atoms with Gasteiger partial charge in [0, 0.05) is 29.8 Å². The number of piperidine rings is 1. The zero-order valence-corrected chi connectivity index (χ0v) is 11.9. The summed E-state index contributed by atoms with van der Waals surface area (Å²) in [4.78, 5) is 0. The number of rotatable bonds is 1. The lowest BCUT2D eigenvalue weighted by Gasteiger charge is -2.54. The van der Waals surface area contributed by atoms with E-state index in [1.54, 1.807) is 0 Å². The van der Waals surface area contributed by atoms with Gasteiger partial charge in [-0.2, -0.15) is 0 Å². The molecule has 0 bridgehead atoms. The van der Waals surface area contributed by atoms with E-state index in [0.717, 1.165) is 32.5 Å². The van der Waals surface area contributed by atoms with Crippen molar-refractivity contribution in [3.8, 4) is 0 Å². The minimum Gasteiger partial charge on any atom is -0.349 e. The predicted molar refractivity (Wildman–Crippen MR) is 68.9 cm³/mol. The quantitative estimate of drug-likeness (QED) is 0.765. The van der Waals surface area contributed by atoms with Crippen LogP contribution < -0.4 is 5.32 Å². The van der Waals surface area contributed by atoms with Crippen LogP contribution in [0.3, 0.4) is 0 Å². The summed E-state index contributed by atoms with van der Waals surface area (Å²) in [7, 11) is 0. The van der Waals surface area contributed by atoms with Gasteiger partial charge < -0.3 is 14.8 Å². The molecule has 0 aromatic carbocycles. The molecule has 0 aromatic heterocycles. The molecule has 2 aliphatic heterocycles. The number of nitrogens with one attached hydrogen (secondary N) is 1. The predicted octanol–water partition coefficient (Wildman–Crippen LogP) is 2.70. The van der Waals surface area contributed by atoms with Crippen molar-refractivity contribution in [1.29, 1.82) is 0 Å². The van der Waals surface area contributed by atoms with Gasteiger partial charge in [-0.05, 0) is 34.1 Å². The smallest absolute Gasteiger partial charge is 0.171 e. The van der Waals surface area contributed by atoms with Crippen LogP contribution in [0.15, 0.2) is 0 Å². The molecule has 100 valence electrons. The molecule has 2 saturated heterocycles. The Labute approximate surface area is 105 Å². The van der Waals surface area contributed by atoms with E-state index in [9.17, 15) is 0 Å². The van der Waals surface area contributed by atoms with E-state index >= 15 is 0 Å². The first-order valence-electron chi connectivity index (χ1n) is 6.83. The largest absolute Gasteiger partial charge is 0.349 e. The highest BCUT2D eigenvalue weighted by atomic mass is 16.7. The molecule has 0 unspecified atom stereocenters. The van der Waals surface area contributed by atoms with E-state index in [2.05, 4.69) is 39.9 Å². The number of hydrogen-bond acceptors (Lipinski definition) is 3.